The third kappa shape index (κ3) is 30.9. The lowest BCUT2D eigenvalue weighted by Crippen LogP contribution is -2.34. The predicted octanol–water partition coefficient (Wildman–Crippen LogP) is 6.94. The molecular formula is C33H66N4O3. The molecule has 40 heavy (non-hydrogen) atoms. The van der Waals surface area contributed by atoms with Crippen LogP contribution in [0.2, 0.25) is 0 Å². The van der Waals surface area contributed by atoms with E-state index in [0.29, 0.717) is 38.9 Å². The van der Waals surface area contributed by atoms with Crippen LogP contribution >= 0.6 is 0 Å². The van der Waals surface area contributed by atoms with Crippen molar-refractivity contribution >= 4 is 17.7 Å². The number of nitrogens with one attached hydrogen (secondary N) is 4. The van der Waals surface area contributed by atoms with Crippen molar-refractivity contribution in [1.82, 2.24) is 21.3 Å². The maximum atomic E-state index is 12.0. The zero-order valence-electron chi connectivity index (χ0n) is 26.5. The number of unbranched alkanes of at least 4 members (excludes halogenated alkanes) is 19. The van der Waals surface area contributed by atoms with Gasteiger partial charge in [-0.3, -0.25) is 14.4 Å². The Morgan fingerprint density at radius 2 is 0.625 bits per heavy atom. The highest BCUT2D eigenvalue weighted by molar-refractivity contribution is 5.77. The monoisotopic (exact) mass is 567 g/mol. The number of hydrogen-bond donors (Lipinski definition) is 4. The zero-order chi connectivity index (χ0) is 29.4. The molecule has 4 N–H and O–H groups in total. The Morgan fingerprint density at radius 3 is 0.900 bits per heavy atom. The van der Waals surface area contributed by atoms with Gasteiger partial charge >= 0.3 is 0 Å². The van der Waals surface area contributed by atoms with Gasteiger partial charge in [0, 0.05) is 45.4 Å². The summed E-state index contributed by atoms with van der Waals surface area (Å²) in [5.74, 6) is 0.294. The van der Waals surface area contributed by atoms with Gasteiger partial charge in [-0.15, -0.1) is 0 Å². The van der Waals surface area contributed by atoms with Crippen LogP contribution in [0.15, 0.2) is 0 Å². The highest BCUT2D eigenvalue weighted by Gasteiger charge is 2.04. The quantitative estimate of drug-likeness (QED) is 0.0683. The molecule has 0 aromatic rings. The smallest absolute Gasteiger partial charge is 0.220 e. The summed E-state index contributed by atoms with van der Waals surface area (Å²) in [5, 5.41) is 11.7. The minimum absolute atomic E-state index is 0.0647. The van der Waals surface area contributed by atoms with Crippen LogP contribution in [-0.4, -0.2) is 50.9 Å². The van der Waals surface area contributed by atoms with E-state index in [1.807, 2.05) is 7.05 Å². The fraction of sp³-hybridized carbons (Fsp3) is 0.909. The largest absolute Gasteiger partial charge is 0.355 e. The SMILES string of the molecule is CCCCCCCCCCCCCCCCCC(=O)NCCNC(=O)CCCCCCCCC(=O)NCCNC. The molecule has 0 radical (unpaired) electrons. The number of likely N-dealkylation sites (N-methyl/N-ethyl adjacent to an activating group) is 1. The summed E-state index contributed by atoms with van der Waals surface area (Å²) in [5.41, 5.74) is 0. The topological polar surface area (TPSA) is 99.3 Å². The first-order valence-electron chi connectivity index (χ1n) is 17.0. The molecule has 0 atom stereocenters. The molecule has 0 aromatic carbocycles. The summed E-state index contributed by atoms with van der Waals surface area (Å²) < 4.78 is 0. The lowest BCUT2D eigenvalue weighted by atomic mass is 10.0. The third-order valence-electron chi connectivity index (χ3n) is 7.53. The van der Waals surface area contributed by atoms with E-state index in [0.717, 1.165) is 57.9 Å². The molecular weight excluding hydrogens is 500 g/mol. The second-order valence-corrected chi connectivity index (χ2v) is 11.5. The van der Waals surface area contributed by atoms with Gasteiger partial charge in [0.15, 0.2) is 0 Å². The van der Waals surface area contributed by atoms with Crippen molar-refractivity contribution in [1.29, 1.82) is 0 Å². The molecule has 0 aliphatic heterocycles. The van der Waals surface area contributed by atoms with Crippen LogP contribution in [0.1, 0.15) is 161 Å². The van der Waals surface area contributed by atoms with Crippen molar-refractivity contribution in [3.8, 4) is 0 Å². The van der Waals surface area contributed by atoms with Crippen LogP contribution in [0.25, 0.3) is 0 Å². The second kappa shape index (κ2) is 31.9. The van der Waals surface area contributed by atoms with E-state index >= 15 is 0 Å². The lowest BCUT2D eigenvalue weighted by molar-refractivity contribution is -0.123. The van der Waals surface area contributed by atoms with Crippen LogP contribution in [0.4, 0.5) is 0 Å². The standard InChI is InChI=1S/C33H66N4O3/c1-3-4-5-6-7-8-9-10-11-12-13-14-15-18-21-25-32(39)36-29-30-37-33(40)26-23-20-17-16-19-22-24-31(38)35-28-27-34-2/h34H,3-30H2,1-2H3,(H,35,38)(H,36,39)(H,37,40). The molecule has 7 nitrogen and oxygen atoms in total. The van der Waals surface area contributed by atoms with E-state index < -0.39 is 0 Å². The van der Waals surface area contributed by atoms with Gasteiger partial charge in [-0.25, -0.2) is 0 Å². The van der Waals surface area contributed by atoms with E-state index in [9.17, 15) is 14.4 Å². The Hall–Kier alpha value is -1.63. The molecule has 0 spiro atoms. The summed E-state index contributed by atoms with van der Waals surface area (Å²) >= 11 is 0. The number of hydrogen-bond acceptors (Lipinski definition) is 4. The molecule has 0 heterocycles. The minimum atomic E-state index is 0.0647. The Morgan fingerprint density at radius 1 is 0.375 bits per heavy atom. The Labute approximate surface area is 247 Å². The first-order chi connectivity index (χ1) is 19.6. The third-order valence-corrected chi connectivity index (χ3v) is 7.53. The molecule has 0 fully saturated rings. The summed E-state index contributed by atoms with van der Waals surface area (Å²) in [4.78, 5) is 35.6. The summed E-state index contributed by atoms with van der Waals surface area (Å²) in [6, 6.07) is 0. The van der Waals surface area contributed by atoms with Gasteiger partial charge in [-0.1, -0.05) is 122 Å². The molecule has 0 aliphatic carbocycles. The van der Waals surface area contributed by atoms with Crippen LogP contribution < -0.4 is 21.3 Å². The zero-order valence-corrected chi connectivity index (χ0v) is 26.5. The average molecular weight is 567 g/mol. The van der Waals surface area contributed by atoms with Crippen LogP contribution in [-0.2, 0) is 14.4 Å². The van der Waals surface area contributed by atoms with Crippen molar-refractivity contribution in [2.24, 2.45) is 0 Å². The van der Waals surface area contributed by atoms with Crippen LogP contribution in [0.3, 0.4) is 0 Å². The Kier molecular flexibility index (Phi) is 30.6. The number of carbonyl (C=O) groups excluding carboxylic acids is 3. The van der Waals surface area contributed by atoms with Gasteiger partial charge in [0.25, 0.3) is 0 Å². The van der Waals surface area contributed by atoms with Gasteiger partial charge in [0.1, 0.15) is 0 Å². The van der Waals surface area contributed by atoms with Gasteiger partial charge in [-0.2, -0.15) is 0 Å². The van der Waals surface area contributed by atoms with Gasteiger partial charge in [0.05, 0.1) is 0 Å². The number of carbonyl (C=O) groups is 3. The molecule has 7 heteroatoms. The second-order valence-electron chi connectivity index (χ2n) is 11.5. The molecule has 0 unspecified atom stereocenters. The number of amides is 3. The normalized spacial score (nSPS) is 10.9. The van der Waals surface area contributed by atoms with Crippen molar-refractivity contribution in [2.45, 2.75) is 161 Å². The van der Waals surface area contributed by atoms with E-state index in [-0.39, 0.29) is 17.7 Å². The summed E-state index contributed by atoms with van der Waals surface area (Å²) in [7, 11) is 1.87. The molecule has 0 aromatic heterocycles. The fourth-order valence-electron chi connectivity index (χ4n) is 4.93. The molecule has 236 valence electrons. The van der Waals surface area contributed by atoms with Gasteiger partial charge < -0.3 is 21.3 Å². The lowest BCUT2D eigenvalue weighted by Gasteiger charge is -2.08. The summed E-state index contributed by atoms with van der Waals surface area (Å²) in [6.45, 7) is 4.76. The number of rotatable bonds is 31. The molecule has 0 bridgehead atoms. The summed E-state index contributed by atoms with van der Waals surface area (Å²) in [6.07, 6.45) is 27.8. The van der Waals surface area contributed by atoms with Gasteiger partial charge in [0.2, 0.25) is 17.7 Å². The highest BCUT2D eigenvalue weighted by Crippen LogP contribution is 2.14. The molecule has 0 aliphatic rings. The first-order valence-corrected chi connectivity index (χ1v) is 17.0. The van der Waals surface area contributed by atoms with Crippen molar-refractivity contribution in [3.63, 3.8) is 0 Å². The average Bonchev–Trinajstić information content (AvgIpc) is 2.94. The fourth-order valence-corrected chi connectivity index (χ4v) is 4.93. The Bertz CT molecular complexity index is 586. The molecule has 0 saturated carbocycles. The van der Waals surface area contributed by atoms with E-state index in [1.54, 1.807) is 0 Å². The van der Waals surface area contributed by atoms with Crippen molar-refractivity contribution < 1.29 is 14.4 Å². The van der Waals surface area contributed by atoms with E-state index in [1.165, 1.54) is 83.5 Å². The molecule has 0 saturated heterocycles. The first kappa shape index (κ1) is 38.4. The molecule has 0 rings (SSSR count). The maximum absolute atomic E-state index is 12.0. The van der Waals surface area contributed by atoms with E-state index in [4.69, 9.17) is 0 Å². The minimum Gasteiger partial charge on any atom is -0.355 e. The van der Waals surface area contributed by atoms with E-state index in [2.05, 4.69) is 28.2 Å². The van der Waals surface area contributed by atoms with Gasteiger partial charge in [-0.05, 0) is 26.3 Å². The Balaban J connectivity index is 3.32. The van der Waals surface area contributed by atoms with Crippen molar-refractivity contribution in [3.05, 3.63) is 0 Å². The predicted molar refractivity (Wildman–Crippen MR) is 169 cm³/mol. The van der Waals surface area contributed by atoms with Crippen molar-refractivity contribution in [2.75, 3.05) is 33.2 Å². The molecule has 3 amide bonds. The van der Waals surface area contributed by atoms with Crippen LogP contribution in [0, 0.1) is 0 Å². The maximum Gasteiger partial charge on any atom is 0.220 e. The highest BCUT2D eigenvalue weighted by atomic mass is 16.2. The van der Waals surface area contributed by atoms with Crippen LogP contribution in [0.5, 0.6) is 0 Å².